The molecule has 1 aromatic carbocycles. The highest BCUT2D eigenvalue weighted by molar-refractivity contribution is 5.48. The summed E-state index contributed by atoms with van der Waals surface area (Å²) in [6, 6.07) is 6.25. The average Bonchev–Trinajstić information content (AvgIpc) is 3.30. The summed E-state index contributed by atoms with van der Waals surface area (Å²) >= 11 is 0. The highest BCUT2D eigenvalue weighted by Gasteiger charge is 2.21. The van der Waals surface area contributed by atoms with Crippen molar-refractivity contribution in [3.8, 4) is 0 Å². The number of halogens is 1. The molecule has 1 saturated carbocycles. The van der Waals surface area contributed by atoms with Crippen molar-refractivity contribution < 1.29 is 9.13 Å². The summed E-state index contributed by atoms with van der Waals surface area (Å²) < 4.78 is 19.8. The third kappa shape index (κ3) is 4.17. The number of hydrogen-bond donors (Lipinski definition) is 1. The van der Waals surface area contributed by atoms with E-state index in [1.807, 2.05) is 24.1 Å². The molecule has 1 saturated heterocycles. The molecule has 1 heterocycles. The molecule has 1 aliphatic heterocycles. The number of rotatable bonds is 6. The first-order valence-corrected chi connectivity index (χ1v) is 8.03. The maximum absolute atomic E-state index is 14.3. The molecule has 0 amide bonds. The first kappa shape index (κ1) is 14.8. The summed E-state index contributed by atoms with van der Waals surface area (Å²) in [6.07, 6.45) is 4.81. The minimum Gasteiger partial charge on any atom is -0.381 e. The fourth-order valence-corrected chi connectivity index (χ4v) is 2.96. The number of hydrogen-bond acceptors (Lipinski definition) is 3. The number of nitrogens with one attached hydrogen (secondary N) is 1. The lowest BCUT2D eigenvalue weighted by Crippen LogP contribution is -2.31. The number of anilines is 1. The second-order valence-corrected chi connectivity index (χ2v) is 6.40. The van der Waals surface area contributed by atoms with Crippen molar-refractivity contribution in [2.75, 3.05) is 31.7 Å². The van der Waals surface area contributed by atoms with Crippen LogP contribution in [-0.4, -0.2) is 32.8 Å². The van der Waals surface area contributed by atoms with Crippen molar-refractivity contribution in [2.24, 2.45) is 5.92 Å². The number of benzene rings is 1. The molecule has 1 aliphatic carbocycles. The molecule has 3 nitrogen and oxygen atoms in total. The molecule has 0 spiro atoms. The van der Waals surface area contributed by atoms with E-state index < -0.39 is 0 Å². The van der Waals surface area contributed by atoms with E-state index in [9.17, 15) is 4.39 Å². The Morgan fingerprint density at radius 2 is 2.19 bits per heavy atom. The number of ether oxygens (including phenoxy) is 1. The second-order valence-electron chi connectivity index (χ2n) is 6.40. The topological polar surface area (TPSA) is 24.5 Å². The fraction of sp³-hybridized carbons (Fsp3) is 0.647. The monoisotopic (exact) mass is 292 g/mol. The Morgan fingerprint density at radius 1 is 1.33 bits per heavy atom. The van der Waals surface area contributed by atoms with E-state index in [0.717, 1.165) is 38.3 Å². The lowest BCUT2D eigenvalue weighted by atomic mass is 10.0. The van der Waals surface area contributed by atoms with E-state index in [1.54, 1.807) is 6.07 Å². The highest BCUT2D eigenvalue weighted by atomic mass is 19.1. The average molecular weight is 292 g/mol. The van der Waals surface area contributed by atoms with Gasteiger partial charge in [-0.15, -0.1) is 0 Å². The molecule has 1 unspecified atom stereocenters. The van der Waals surface area contributed by atoms with Crippen LogP contribution in [0, 0.1) is 11.7 Å². The zero-order valence-corrected chi connectivity index (χ0v) is 12.8. The van der Waals surface area contributed by atoms with E-state index >= 15 is 0 Å². The zero-order chi connectivity index (χ0) is 14.7. The first-order valence-electron chi connectivity index (χ1n) is 8.03. The van der Waals surface area contributed by atoms with Crippen molar-refractivity contribution >= 4 is 5.69 Å². The maximum Gasteiger partial charge on any atom is 0.146 e. The molecular formula is C17H25FN2O. The summed E-state index contributed by atoms with van der Waals surface area (Å²) in [5, 5.41) is 3.42. The predicted octanol–water partition coefficient (Wildman–Crippen LogP) is 2.94. The lowest BCUT2D eigenvalue weighted by molar-refractivity contribution is 0.0576. The summed E-state index contributed by atoms with van der Waals surface area (Å²) in [7, 11) is 1.97. The van der Waals surface area contributed by atoms with Gasteiger partial charge in [0.2, 0.25) is 0 Å². The van der Waals surface area contributed by atoms with Gasteiger partial charge < -0.3 is 15.0 Å². The van der Waals surface area contributed by atoms with Gasteiger partial charge in [0, 0.05) is 32.8 Å². The van der Waals surface area contributed by atoms with Gasteiger partial charge in [0.25, 0.3) is 0 Å². The minimum atomic E-state index is -0.121. The highest BCUT2D eigenvalue weighted by Crippen LogP contribution is 2.24. The van der Waals surface area contributed by atoms with Crippen LogP contribution in [0.1, 0.15) is 31.2 Å². The normalized spacial score (nSPS) is 22.3. The van der Waals surface area contributed by atoms with Gasteiger partial charge in [-0.05, 0) is 49.3 Å². The molecule has 1 aromatic rings. The Balaban J connectivity index is 1.57. The number of nitrogens with zero attached hydrogens (tertiary/aromatic N) is 1. The maximum atomic E-state index is 14.3. The van der Waals surface area contributed by atoms with E-state index in [-0.39, 0.29) is 5.82 Å². The largest absolute Gasteiger partial charge is 0.381 e. The molecular weight excluding hydrogens is 267 g/mol. The van der Waals surface area contributed by atoms with Gasteiger partial charge in [0.1, 0.15) is 5.82 Å². The van der Waals surface area contributed by atoms with Crippen LogP contribution in [0.4, 0.5) is 10.1 Å². The van der Waals surface area contributed by atoms with Crippen LogP contribution in [0.25, 0.3) is 0 Å². The third-order valence-electron chi connectivity index (χ3n) is 4.38. The predicted molar refractivity (Wildman–Crippen MR) is 83.1 cm³/mol. The van der Waals surface area contributed by atoms with E-state index in [1.165, 1.54) is 19.3 Å². The van der Waals surface area contributed by atoms with E-state index in [2.05, 4.69) is 5.32 Å². The summed E-state index contributed by atoms with van der Waals surface area (Å²) in [5.41, 5.74) is 1.72. The molecule has 0 aromatic heterocycles. The van der Waals surface area contributed by atoms with Crippen molar-refractivity contribution in [3.05, 3.63) is 29.6 Å². The van der Waals surface area contributed by atoms with Crippen molar-refractivity contribution in [1.82, 2.24) is 5.32 Å². The van der Waals surface area contributed by atoms with Gasteiger partial charge in [0.15, 0.2) is 0 Å². The van der Waals surface area contributed by atoms with Crippen molar-refractivity contribution in [2.45, 2.75) is 38.3 Å². The summed E-state index contributed by atoms with van der Waals surface area (Å²) in [5.74, 6) is 0.392. The minimum absolute atomic E-state index is 0.121. The van der Waals surface area contributed by atoms with Gasteiger partial charge in [0.05, 0.1) is 12.3 Å². The first-order chi connectivity index (χ1) is 10.2. The van der Waals surface area contributed by atoms with E-state index in [4.69, 9.17) is 4.74 Å². The van der Waals surface area contributed by atoms with Crippen LogP contribution in [0.15, 0.2) is 18.2 Å². The summed E-state index contributed by atoms with van der Waals surface area (Å²) in [6.45, 7) is 3.30. The van der Waals surface area contributed by atoms with Crippen LogP contribution in [0.3, 0.4) is 0 Å². The molecule has 4 heteroatoms. The van der Waals surface area contributed by atoms with Gasteiger partial charge >= 0.3 is 0 Å². The Morgan fingerprint density at radius 3 is 2.86 bits per heavy atom. The SMILES string of the molecule is CN(CC1CCCOC1)c1ccc(CNC2CC2)cc1F. The van der Waals surface area contributed by atoms with Crippen LogP contribution in [0.5, 0.6) is 0 Å². The van der Waals surface area contributed by atoms with E-state index in [0.29, 0.717) is 17.6 Å². The fourth-order valence-electron chi connectivity index (χ4n) is 2.96. The lowest BCUT2D eigenvalue weighted by Gasteiger charge is -2.28. The van der Waals surface area contributed by atoms with Gasteiger partial charge in [-0.2, -0.15) is 0 Å². The Hall–Kier alpha value is -1.13. The molecule has 0 radical (unpaired) electrons. The molecule has 21 heavy (non-hydrogen) atoms. The molecule has 0 bridgehead atoms. The Labute approximate surface area is 126 Å². The van der Waals surface area contributed by atoms with Crippen LogP contribution >= 0.6 is 0 Å². The second kappa shape index (κ2) is 6.75. The molecule has 3 rings (SSSR count). The van der Waals surface area contributed by atoms with Gasteiger partial charge in [-0.1, -0.05) is 6.07 Å². The quantitative estimate of drug-likeness (QED) is 0.872. The van der Waals surface area contributed by atoms with Crippen LogP contribution in [-0.2, 0) is 11.3 Å². The smallest absolute Gasteiger partial charge is 0.146 e. The van der Waals surface area contributed by atoms with Crippen LogP contribution < -0.4 is 10.2 Å². The van der Waals surface area contributed by atoms with Crippen molar-refractivity contribution in [1.29, 1.82) is 0 Å². The molecule has 116 valence electrons. The van der Waals surface area contributed by atoms with Gasteiger partial charge in [-0.3, -0.25) is 0 Å². The zero-order valence-electron chi connectivity index (χ0n) is 12.8. The standard InChI is InChI=1S/C17H25FN2O/c1-20(11-14-3-2-8-21-12-14)17-7-4-13(9-16(17)18)10-19-15-5-6-15/h4,7,9,14-15,19H,2-3,5-6,8,10-12H2,1H3. The molecule has 1 N–H and O–H groups in total. The summed E-state index contributed by atoms with van der Waals surface area (Å²) in [4.78, 5) is 2.02. The third-order valence-corrected chi connectivity index (χ3v) is 4.38. The van der Waals surface area contributed by atoms with Gasteiger partial charge in [-0.25, -0.2) is 4.39 Å². The Kier molecular flexibility index (Phi) is 4.76. The van der Waals surface area contributed by atoms with Crippen molar-refractivity contribution in [3.63, 3.8) is 0 Å². The molecule has 2 aliphatic rings. The van der Waals surface area contributed by atoms with Crippen LogP contribution in [0.2, 0.25) is 0 Å². The molecule has 2 fully saturated rings. The Bertz CT molecular complexity index is 470. The molecule has 1 atom stereocenters.